The molecule has 0 aliphatic rings. The summed E-state index contributed by atoms with van der Waals surface area (Å²) in [5.41, 5.74) is 2.10. The van der Waals surface area contributed by atoms with Crippen LogP contribution in [-0.2, 0) is 4.43 Å². The van der Waals surface area contributed by atoms with Crippen LogP contribution in [0.2, 0.25) is 16.6 Å². The van der Waals surface area contributed by atoms with E-state index >= 15 is 0 Å². The van der Waals surface area contributed by atoms with Gasteiger partial charge in [-0.15, -0.1) is 6.58 Å². The molecule has 0 aromatic rings. The van der Waals surface area contributed by atoms with Crippen molar-refractivity contribution in [3.05, 3.63) is 12.7 Å². The molecule has 0 aromatic heterocycles. The van der Waals surface area contributed by atoms with Crippen LogP contribution in [0.3, 0.4) is 0 Å². The molecule has 0 spiro atoms. The Morgan fingerprint density at radius 1 is 0.889 bits per heavy atom. The summed E-state index contributed by atoms with van der Waals surface area (Å²) in [7, 11) is -1.62. The molecule has 0 saturated heterocycles. The Morgan fingerprint density at radius 2 is 1.39 bits per heavy atom. The molecule has 0 unspecified atom stereocenters. The molecule has 0 saturated carbocycles. The van der Waals surface area contributed by atoms with E-state index in [4.69, 9.17) is 4.43 Å². The van der Waals surface area contributed by atoms with Crippen molar-refractivity contribution in [2.75, 3.05) is 6.61 Å². The summed E-state index contributed by atoms with van der Waals surface area (Å²) in [5.74, 6) is 0. The Hall–Kier alpha value is -0.0831. The van der Waals surface area contributed by atoms with Crippen LogP contribution in [0.15, 0.2) is 12.7 Å². The first-order valence-corrected chi connectivity index (χ1v) is 9.78. The standard InChI is InChI=1S/C16H34OSi/c1-8-9-10-11-12-13-17-18(14(2)3,15(4)5)16(6)7/h8,14-16H,1,9-13H2,2-7H3. The summed E-state index contributed by atoms with van der Waals surface area (Å²) < 4.78 is 6.51. The Bertz CT molecular complexity index is 199. The lowest BCUT2D eigenvalue weighted by molar-refractivity contribution is 0.268. The lowest BCUT2D eigenvalue weighted by atomic mass is 10.2. The van der Waals surface area contributed by atoms with E-state index in [0.29, 0.717) is 16.6 Å². The van der Waals surface area contributed by atoms with Gasteiger partial charge in [0.1, 0.15) is 0 Å². The molecule has 0 N–H and O–H groups in total. The lowest BCUT2D eigenvalue weighted by Gasteiger charge is -2.42. The minimum absolute atomic E-state index is 0.700. The molecule has 0 aliphatic heterocycles. The largest absolute Gasteiger partial charge is 0.416 e. The normalized spacial score (nSPS) is 12.7. The molecule has 0 fully saturated rings. The van der Waals surface area contributed by atoms with Crippen LogP contribution in [0.1, 0.15) is 67.2 Å². The van der Waals surface area contributed by atoms with Crippen LogP contribution in [0.5, 0.6) is 0 Å². The maximum absolute atomic E-state index is 6.51. The van der Waals surface area contributed by atoms with Crippen molar-refractivity contribution in [2.24, 2.45) is 0 Å². The van der Waals surface area contributed by atoms with E-state index in [1.165, 1.54) is 19.3 Å². The molecular formula is C16H34OSi. The minimum atomic E-state index is -1.62. The summed E-state index contributed by atoms with van der Waals surface area (Å²) in [6.07, 6.45) is 6.88. The molecule has 108 valence electrons. The van der Waals surface area contributed by atoms with E-state index in [-0.39, 0.29) is 0 Å². The van der Waals surface area contributed by atoms with Crippen molar-refractivity contribution in [1.82, 2.24) is 0 Å². The Kier molecular flexibility index (Phi) is 8.88. The van der Waals surface area contributed by atoms with Gasteiger partial charge in [-0.1, -0.05) is 54.0 Å². The van der Waals surface area contributed by atoms with Crippen molar-refractivity contribution >= 4 is 8.32 Å². The summed E-state index contributed by atoms with van der Waals surface area (Å²) in [4.78, 5) is 0. The highest BCUT2D eigenvalue weighted by molar-refractivity contribution is 6.77. The number of unbranched alkanes of at least 4 members (excludes halogenated alkanes) is 3. The van der Waals surface area contributed by atoms with E-state index in [1.807, 2.05) is 6.08 Å². The van der Waals surface area contributed by atoms with Crippen LogP contribution in [-0.4, -0.2) is 14.9 Å². The molecule has 2 heteroatoms. The van der Waals surface area contributed by atoms with Gasteiger partial charge in [-0.3, -0.25) is 0 Å². The van der Waals surface area contributed by atoms with Crippen LogP contribution in [0.4, 0.5) is 0 Å². The van der Waals surface area contributed by atoms with Crippen LogP contribution >= 0.6 is 0 Å². The monoisotopic (exact) mass is 270 g/mol. The van der Waals surface area contributed by atoms with Crippen LogP contribution in [0, 0.1) is 0 Å². The third kappa shape index (κ3) is 4.89. The van der Waals surface area contributed by atoms with Gasteiger partial charge >= 0.3 is 0 Å². The lowest BCUT2D eigenvalue weighted by Crippen LogP contribution is -2.47. The molecule has 1 nitrogen and oxygen atoms in total. The Morgan fingerprint density at radius 3 is 1.78 bits per heavy atom. The predicted octanol–water partition coefficient (Wildman–Crippen LogP) is 5.92. The summed E-state index contributed by atoms with van der Waals surface area (Å²) in [5, 5.41) is 0. The summed E-state index contributed by atoms with van der Waals surface area (Å²) in [6.45, 7) is 18.8. The Labute approximate surface area is 116 Å². The second-order valence-electron chi connectivity index (χ2n) is 6.30. The van der Waals surface area contributed by atoms with E-state index in [2.05, 4.69) is 48.1 Å². The second kappa shape index (κ2) is 8.92. The minimum Gasteiger partial charge on any atom is -0.416 e. The third-order valence-corrected chi connectivity index (χ3v) is 10.2. The number of allylic oxidation sites excluding steroid dienone is 1. The molecule has 0 radical (unpaired) electrons. The zero-order valence-electron chi connectivity index (χ0n) is 13.5. The molecule has 18 heavy (non-hydrogen) atoms. The number of hydrogen-bond acceptors (Lipinski definition) is 1. The number of rotatable bonds is 10. The maximum atomic E-state index is 6.51. The van der Waals surface area contributed by atoms with Crippen molar-refractivity contribution in [2.45, 2.75) is 83.8 Å². The SMILES string of the molecule is C=CCCCCCO[Si](C(C)C)(C(C)C)C(C)C. The molecule has 0 heterocycles. The van der Waals surface area contributed by atoms with Gasteiger partial charge in [-0.05, 0) is 35.9 Å². The van der Waals surface area contributed by atoms with Gasteiger partial charge in [-0.2, -0.15) is 0 Å². The van der Waals surface area contributed by atoms with Gasteiger partial charge in [0.25, 0.3) is 0 Å². The van der Waals surface area contributed by atoms with Crippen molar-refractivity contribution in [1.29, 1.82) is 0 Å². The Balaban J connectivity index is 4.30. The fourth-order valence-electron chi connectivity index (χ4n) is 3.32. The van der Waals surface area contributed by atoms with E-state index in [0.717, 1.165) is 13.0 Å². The van der Waals surface area contributed by atoms with Crippen LogP contribution in [0.25, 0.3) is 0 Å². The molecule has 0 aliphatic carbocycles. The highest BCUT2D eigenvalue weighted by Gasteiger charge is 2.44. The molecular weight excluding hydrogens is 236 g/mol. The van der Waals surface area contributed by atoms with Crippen molar-refractivity contribution in [3.8, 4) is 0 Å². The topological polar surface area (TPSA) is 9.23 Å². The fourth-order valence-corrected chi connectivity index (χ4v) is 8.81. The highest BCUT2D eigenvalue weighted by Crippen LogP contribution is 2.42. The predicted molar refractivity (Wildman–Crippen MR) is 85.7 cm³/mol. The first-order valence-electron chi connectivity index (χ1n) is 7.64. The van der Waals surface area contributed by atoms with E-state index < -0.39 is 8.32 Å². The van der Waals surface area contributed by atoms with Crippen LogP contribution < -0.4 is 0 Å². The van der Waals surface area contributed by atoms with Gasteiger partial charge in [0, 0.05) is 6.61 Å². The van der Waals surface area contributed by atoms with Crippen molar-refractivity contribution in [3.63, 3.8) is 0 Å². The molecule has 0 bridgehead atoms. The van der Waals surface area contributed by atoms with E-state index in [9.17, 15) is 0 Å². The van der Waals surface area contributed by atoms with Gasteiger partial charge in [0.05, 0.1) is 0 Å². The van der Waals surface area contributed by atoms with Gasteiger partial charge in [-0.25, -0.2) is 0 Å². The first-order chi connectivity index (χ1) is 8.39. The molecule has 0 amide bonds. The molecule has 0 rings (SSSR count). The summed E-state index contributed by atoms with van der Waals surface area (Å²) >= 11 is 0. The smallest absolute Gasteiger partial charge is 0.200 e. The highest BCUT2D eigenvalue weighted by atomic mass is 28.4. The first kappa shape index (κ1) is 17.9. The van der Waals surface area contributed by atoms with Gasteiger partial charge < -0.3 is 4.43 Å². The summed E-state index contributed by atoms with van der Waals surface area (Å²) in [6, 6.07) is 0. The van der Waals surface area contributed by atoms with E-state index in [1.54, 1.807) is 0 Å². The molecule has 0 aromatic carbocycles. The third-order valence-electron chi connectivity index (χ3n) is 4.11. The fraction of sp³-hybridized carbons (Fsp3) is 0.875. The average molecular weight is 271 g/mol. The zero-order chi connectivity index (χ0) is 14.2. The number of hydrogen-bond donors (Lipinski definition) is 0. The van der Waals surface area contributed by atoms with Gasteiger partial charge in [0.2, 0.25) is 0 Å². The zero-order valence-corrected chi connectivity index (χ0v) is 14.5. The second-order valence-corrected chi connectivity index (χ2v) is 11.8. The van der Waals surface area contributed by atoms with Gasteiger partial charge in [0.15, 0.2) is 8.32 Å². The molecule has 0 atom stereocenters. The maximum Gasteiger partial charge on any atom is 0.200 e. The quantitative estimate of drug-likeness (QED) is 0.272. The van der Waals surface area contributed by atoms with Crippen molar-refractivity contribution < 1.29 is 4.43 Å². The average Bonchev–Trinajstić information content (AvgIpc) is 2.26.